The van der Waals surface area contributed by atoms with E-state index in [1.165, 1.54) is 32.4 Å². The van der Waals surface area contributed by atoms with Gasteiger partial charge in [0, 0.05) is 18.6 Å². The van der Waals surface area contributed by atoms with Gasteiger partial charge in [0.05, 0.1) is 24.9 Å². The maximum atomic E-state index is 12.3. The summed E-state index contributed by atoms with van der Waals surface area (Å²) in [6.45, 7) is 1.74. The lowest BCUT2D eigenvalue weighted by Gasteiger charge is -2.12. The summed E-state index contributed by atoms with van der Waals surface area (Å²) >= 11 is 6.05. The van der Waals surface area contributed by atoms with E-state index >= 15 is 0 Å². The first kappa shape index (κ1) is 17.7. The van der Waals surface area contributed by atoms with E-state index < -0.39 is 11.9 Å². The molecule has 7 nitrogen and oxygen atoms in total. The first-order chi connectivity index (χ1) is 11.4. The van der Waals surface area contributed by atoms with E-state index in [1.54, 1.807) is 6.92 Å². The van der Waals surface area contributed by atoms with Crippen LogP contribution < -0.4 is 14.8 Å². The van der Waals surface area contributed by atoms with E-state index in [-0.39, 0.29) is 22.1 Å². The molecule has 1 aromatic carbocycles. The predicted octanol–water partition coefficient (Wildman–Crippen LogP) is 3.46. The van der Waals surface area contributed by atoms with Crippen LogP contribution in [0.2, 0.25) is 5.02 Å². The van der Waals surface area contributed by atoms with Gasteiger partial charge in [-0.1, -0.05) is 18.5 Å². The number of hydrogen-bond donors (Lipinski definition) is 2. The molecular weight excluding hydrogens is 338 g/mol. The summed E-state index contributed by atoms with van der Waals surface area (Å²) in [5, 5.41) is 12.0. The number of furan rings is 1. The van der Waals surface area contributed by atoms with Crippen molar-refractivity contribution in [3.63, 3.8) is 0 Å². The Labute approximate surface area is 143 Å². The number of methoxy groups -OCH3 is 2. The zero-order valence-electron chi connectivity index (χ0n) is 13.3. The van der Waals surface area contributed by atoms with Crippen molar-refractivity contribution < 1.29 is 28.6 Å². The summed E-state index contributed by atoms with van der Waals surface area (Å²) in [4.78, 5) is 23.5. The molecule has 2 N–H and O–H groups in total. The van der Waals surface area contributed by atoms with Crippen molar-refractivity contribution in [2.75, 3.05) is 19.5 Å². The number of amides is 1. The molecule has 0 unspecified atom stereocenters. The SMILES string of the molecule is CCc1oc(C(=O)Nc2cc(Cl)c(OC)cc2OC)cc1C(=O)O. The fraction of sp³-hybridized carbons (Fsp3) is 0.250. The lowest BCUT2D eigenvalue weighted by atomic mass is 10.2. The molecule has 2 rings (SSSR count). The zero-order chi connectivity index (χ0) is 17.9. The second kappa shape index (κ2) is 7.27. The Kier molecular flexibility index (Phi) is 5.35. The summed E-state index contributed by atoms with van der Waals surface area (Å²) in [6, 6.07) is 4.19. The number of carbonyl (C=O) groups excluding carboxylic acids is 1. The number of benzene rings is 1. The van der Waals surface area contributed by atoms with Crippen LogP contribution in [-0.4, -0.2) is 31.2 Å². The predicted molar refractivity (Wildman–Crippen MR) is 87.6 cm³/mol. The van der Waals surface area contributed by atoms with Gasteiger partial charge in [-0.25, -0.2) is 4.79 Å². The van der Waals surface area contributed by atoms with Crippen LogP contribution in [0.25, 0.3) is 0 Å². The van der Waals surface area contributed by atoms with Crippen molar-refractivity contribution in [1.29, 1.82) is 0 Å². The number of halogens is 1. The van der Waals surface area contributed by atoms with E-state index in [2.05, 4.69) is 5.32 Å². The van der Waals surface area contributed by atoms with Gasteiger partial charge in [-0.2, -0.15) is 0 Å². The molecule has 128 valence electrons. The molecule has 0 atom stereocenters. The molecule has 1 aromatic heterocycles. The summed E-state index contributed by atoms with van der Waals surface area (Å²) in [5.41, 5.74) is 0.266. The number of aryl methyl sites for hydroxylation is 1. The standard InChI is InChI=1S/C16H16ClNO6/c1-4-11-8(16(20)21)5-14(24-11)15(19)18-10-6-9(17)12(22-2)7-13(10)23-3/h5-7H,4H2,1-3H3,(H,18,19)(H,20,21). The summed E-state index contributed by atoms with van der Waals surface area (Å²) in [7, 11) is 2.89. The van der Waals surface area contributed by atoms with Crippen molar-refractivity contribution in [2.24, 2.45) is 0 Å². The van der Waals surface area contributed by atoms with Crippen LogP contribution >= 0.6 is 11.6 Å². The molecule has 1 heterocycles. The van der Waals surface area contributed by atoms with Crippen molar-refractivity contribution in [3.05, 3.63) is 40.3 Å². The minimum absolute atomic E-state index is 0.0395. The van der Waals surface area contributed by atoms with E-state index in [0.29, 0.717) is 23.6 Å². The van der Waals surface area contributed by atoms with Crippen LogP contribution in [-0.2, 0) is 6.42 Å². The molecular formula is C16H16ClNO6. The van der Waals surface area contributed by atoms with Crippen molar-refractivity contribution in [2.45, 2.75) is 13.3 Å². The van der Waals surface area contributed by atoms with Crippen LogP contribution in [0, 0.1) is 0 Å². The van der Waals surface area contributed by atoms with E-state index in [9.17, 15) is 9.59 Å². The Bertz CT molecular complexity index is 783. The number of nitrogens with one attached hydrogen (secondary N) is 1. The third kappa shape index (κ3) is 3.46. The minimum atomic E-state index is -1.15. The zero-order valence-corrected chi connectivity index (χ0v) is 14.1. The highest BCUT2D eigenvalue weighted by molar-refractivity contribution is 6.32. The Morgan fingerprint density at radius 3 is 2.38 bits per heavy atom. The summed E-state index contributed by atoms with van der Waals surface area (Å²) < 4.78 is 15.6. The molecule has 0 saturated carbocycles. The smallest absolute Gasteiger partial charge is 0.339 e. The van der Waals surface area contributed by atoms with E-state index in [0.717, 1.165) is 0 Å². The monoisotopic (exact) mass is 353 g/mol. The third-order valence-electron chi connectivity index (χ3n) is 3.31. The molecule has 8 heteroatoms. The number of anilines is 1. The van der Waals surface area contributed by atoms with Crippen molar-refractivity contribution >= 4 is 29.2 Å². The number of rotatable bonds is 6. The van der Waals surface area contributed by atoms with Crippen LogP contribution in [0.4, 0.5) is 5.69 Å². The van der Waals surface area contributed by atoms with Crippen LogP contribution in [0.3, 0.4) is 0 Å². The molecule has 0 bridgehead atoms. The van der Waals surface area contributed by atoms with Gasteiger partial charge in [0.2, 0.25) is 0 Å². The largest absolute Gasteiger partial charge is 0.495 e. The fourth-order valence-electron chi connectivity index (χ4n) is 2.13. The van der Waals surface area contributed by atoms with Gasteiger partial charge in [0.1, 0.15) is 22.8 Å². The summed E-state index contributed by atoms with van der Waals surface area (Å²) in [6.07, 6.45) is 0.354. The van der Waals surface area contributed by atoms with Gasteiger partial charge in [0.25, 0.3) is 5.91 Å². The highest BCUT2D eigenvalue weighted by Crippen LogP contribution is 2.36. The van der Waals surface area contributed by atoms with Crippen LogP contribution in [0.1, 0.15) is 33.6 Å². The molecule has 2 aromatic rings. The maximum Gasteiger partial charge on any atom is 0.339 e. The Morgan fingerprint density at radius 1 is 1.21 bits per heavy atom. The van der Waals surface area contributed by atoms with Gasteiger partial charge >= 0.3 is 5.97 Å². The highest BCUT2D eigenvalue weighted by Gasteiger charge is 2.21. The topological polar surface area (TPSA) is 98.0 Å². The average Bonchev–Trinajstić information content (AvgIpc) is 3.00. The molecule has 0 fully saturated rings. The minimum Gasteiger partial charge on any atom is -0.495 e. The number of carbonyl (C=O) groups is 2. The Hall–Kier alpha value is -2.67. The third-order valence-corrected chi connectivity index (χ3v) is 3.60. The molecule has 24 heavy (non-hydrogen) atoms. The van der Waals surface area contributed by atoms with Gasteiger partial charge in [-0.05, 0) is 6.07 Å². The Balaban J connectivity index is 2.33. The highest BCUT2D eigenvalue weighted by atomic mass is 35.5. The molecule has 0 spiro atoms. The Morgan fingerprint density at radius 2 is 1.88 bits per heavy atom. The molecule has 0 saturated heterocycles. The van der Waals surface area contributed by atoms with Crippen LogP contribution in [0.5, 0.6) is 11.5 Å². The van der Waals surface area contributed by atoms with Gasteiger partial charge in [-0.3, -0.25) is 4.79 Å². The van der Waals surface area contributed by atoms with Gasteiger partial charge in [0.15, 0.2) is 5.76 Å². The second-order valence-electron chi connectivity index (χ2n) is 4.75. The van der Waals surface area contributed by atoms with Gasteiger partial charge < -0.3 is 24.3 Å². The molecule has 0 aliphatic heterocycles. The fourth-order valence-corrected chi connectivity index (χ4v) is 2.37. The molecule has 1 amide bonds. The maximum absolute atomic E-state index is 12.3. The molecule has 0 aliphatic carbocycles. The quantitative estimate of drug-likeness (QED) is 0.825. The van der Waals surface area contributed by atoms with Gasteiger partial charge in [-0.15, -0.1) is 0 Å². The number of hydrogen-bond acceptors (Lipinski definition) is 5. The normalized spacial score (nSPS) is 10.3. The number of carboxylic acid groups (broad SMARTS) is 1. The molecule has 0 radical (unpaired) electrons. The number of carboxylic acids is 1. The van der Waals surface area contributed by atoms with Crippen molar-refractivity contribution in [1.82, 2.24) is 0 Å². The first-order valence-corrected chi connectivity index (χ1v) is 7.37. The van der Waals surface area contributed by atoms with E-state index in [4.69, 9.17) is 30.6 Å². The molecule has 0 aliphatic rings. The van der Waals surface area contributed by atoms with Crippen LogP contribution in [0.15, 0.2) is 22.6 Å². The average molecular weight is 354 g/mol. The second-order valence-corrected chi connectivity index (χ2v) is 5.15. The summed E-state index contributed by atoms with van der Waals surface area (Å²) in [5.74, 6) is -0.918. The lowest BCUT2D eigenvalue weighted by Crippen LogP contribution is -2.12. The first-order valence-electron chi connectivity index (χ1n) is 7.00. The lowest BCUT2D eigenvalue weighted by molar-refractivity contribution is 0.0694. The number of ether oxygens (including phenoxy) is 2. The van der Waals surface area contributed by atoms with E-state index in [1.807, 2.05) is 0 Å². The van der Waals surface area contributed by atoms with Crippen molar-refractivity contribution in [3.8, 4) is 11.5 Å². The number of aromatic carboxylic acids is 1.